The van der Waals surface area contributed by atoms with Crippen LogP contribution in [-0.2, 0) is 10.0 Å². The zero-order valence-corrected chi connectivity index (χ0v) is 16.9. The lowest BCUT2D eigenvalue weighted by Crippen LogP contribution is -2.28. The van der Waals surface area contributed by atoms with Crippen LogP contribution in [0.3, 0.4) is 0 Å². The van der Waals surface area contributed by atoms with Crippen molar-refractivity contribution in [3.05, 3.63) is 24.0 Å². The molecule has 0 unspecified atom stereocenters. The topological polar surface area (TPSA) is 84.4 Å². The van der Waals surface area contributed by atoms with Crippen molar-refractivity contribution in [2.45, 2.75) is 44.4 Å². The van der Waals surface area contributed by atoms with Crippen molar-refractivity contribution in [1.82, 2.24) is 13.7 Å². The second-order valence-electron chi connectivity index (χ2n) is 6.44. The predicted molar refractivity (Wildman–Crippen MR) is 103 cm³/mol. The van der Waals surface area contributed by atoms with Gasteiger partial charge in [0.25, 0.3) is 0 Å². The van der Waals surface area contributed by atoms with E-state index in [-0.39, 0.29) is 10.8 Å². The number of hydrogen-bond donors (Lipinski definition) is 1. The van der Waals surface area contributed by atoms with Crippen molar-refractivity contribution in [1.29, 1.82) is 0 Å². The van der Waals surface area contributed by atoms with Crippen LogP contribution >= 0.6 is 11.5 Å². The van der Waals surface area contributed by atoms with Crippen LogP contribution in [-0.4, -0.2) is 41.8 Å². The van der Waals surface area contributed by atoms with Crippen LogP contribution in [0.4, 0.5) is 10.8 Å². The third kappa shape index (κ3) is 3.99. The minimum absolute atomic E-state index is 0.194. The van der Waals surface area contributed by atoms with Crippen LogP contribution in [0.5, 0.6) is 5.75 Å². The van der Waals surface area contributed by atoms with Crippen molar-refractivity contribution in [2.75, 3.05) is 25.0 Å². The van der Waals surface area contributed by atoms with E-state index < -0.39 is 10.0 Å². The molecule has 2 heterocycles. The quantitative estimate of drug-likeness (QED) is 0.770. The Balaban J connectivity index is 1.92. The molecule has 0 aliphatic carbocycles. The minimum Gasteiger partial charge on any atom is -0.492 e. The number of hydrogen-bond acceptors (Lipinski definition) is 7. The summed E-state index contributed by atoms with van der Waals surface area (Å²) < 4.78 is 37.4. The van der Waals surface area contributed by atoms with E-state index in [9.17, 15) is 8.42 Å². The average Bonchev–Trinajstić information content (AvgIpc) is 3.28. The average molecular weight is 397 g/mol. The molecule has 3 rings (SSSR count). The molecule has 0 saturated carbocycles. The highest BCUT2D eigenvalue weighted by molar-refractivity contribution is 7.89. The van der Waals surface area contributed by atoms with Gasteiger partial charge in [-0.25, -0.2) is 13.4 Å². The summed E-state index contributed by atoms with van der Waals surface area (Å²) in [6, 6.07) is 5.11. The highest BCUT2D eigenvalue weighted by Gasteiger charge is 2.30. The largest absolute Gasteiger partial charge is 0.492 e. The maximum atomic E-state index is 13.0. The van der Waals surface area contributed by atoms with Gasteiger partial charge in [-0.05, 0) is 38.0 Å². The molecule has 0 atom stereocenters. The van der Waals surface area contributed by atoms with E-state index in [1.54, 1.807) is 18.2 Å². The number of benzene rings is 1. The Morgan fingerprint density at radius 2 is 2.04 bits per heavy atom. The summed E-state index contributed by atoms with van der Waals surface area (Å²) in [5.41, 5.74) is 0.651. The third-order valence-electron chi connectivity index (χ3n) is 4.14. The van der Waals surface area contributed by atoms with Gasteiger partial charge < -0.3 is 10.1 Å². The maximum Gasteiger partial charge on any atom is 0.246 e. The van der Waals surface area contributed by atoms with Gasteiger partial charge in [-0.2, -0.15) is 8.68 Å². The molecule has 1 aromatic carbocycles. The Bertz CT molecular complexity index is 859. The maximum absolute atomic E-state index is 13.0. The van der Waals surface area contributed by atoms with E-state index in [0.29, 0.717) is 36.3 Å². The van der Waals surface area contributed by atoms with Crippen molar-refractivity contribution in [3.8, 4) is 5.75 Å². The fourth-order valence-electron chi connectivity index (χ4n) is 2.77. The van der Waals surface area contributed by atoms with Crippen LogP contribution in [0.15, 0.2) is 23.1 Å². The van der Waals surface area contributed by atoms with Gasteiger partial charge in [-0.1, -0.05) is 13.8 Å². The Morgan fingerprint density at radius 1 is 1.31 bits per heavy atom. The molecule has 1 saturated heterocycles. The Kier molecular flexibility index (Phi) is 5.79. The Hall–Kier alpha value is -1.71. The summed E-state index contributed by atoms with van der Waals surface area (Å²) in [7, 11) is -3.58. The van der Waals surface area contributed by atoms with Crippen LogP contribution in [0.25, 0.3) is 0 Å². The van der Waals surface area contributed by atoms with Gasteiger partial charge in [-0.3, -0.25) is 0 Å². The van der Waals surface area contributed by atoms with Gasteiger partial charge >= 0.3 is 0 Å². The highest BCUT2D eigenvalue weighted by Crippen LogP contribution is 2.33. The van der Waals surface area contributed by atoms with E-state index in [1.807, 2.05) is 20.8 Å². The molecule has 9 heteroatoms. The normalized spacial score (nSPS) is 15.5. The molecule has 1 aliphatic heterocycles. The smallest absolute Gasteiger partial charge is 0.246 e. The minimum atomic E-state index is -3.58. The molecule has 0 spiro atoms. The van der Waals surface area contributed by atoms with E-state index in [0.717, 1.165) is 18.7 Å². The predicted octanol–water partition coefficient (Wildman–Crippen LogP) is 3.59. The molecule has 2 aromatic rings. The van der Waals surface area contributed by atoms with Gasteiger partial charge in [0, 0.05) is 36.2 Å². The first kappa shape index (κ1) is 19.1. The van der Waals surface area contributed by atoms with Gasteiger partial charge in [0.15, 0.2) is 0 Å². The summed E-state index contributed by atoms with van der Waals surface area (Å²) in [5, 5.41) is 3.80. The Morgan fingerprint density at radius 3 is 2.65 bits per heavy atom. The lowest BCUT2D eigenvalue weighted by Gasteiger charge is -2.19. The number of sulfonamides is 1. The summed E-state index contributed by atoms with van der Waals surface area (Å²) in [6.07, 6.45) is 1.79. The fraction of sp³-hybridized carbons (Fsp3) is 0.529. The van der Waals surface area contributed by atoms with Crippen LogP contribution in [0.2, 0.25) is 0 Å². The van der Waals surface area contributed by atoms with Gasteiger partial charge in [0.05, 0.1) is 6.61 Å². The molecule has 142 valence electrons. The monoisotopic (exact) mass is 396 g/mol. The molecular weight excluding hydrogens is 372 g/mol. The van der Waals surface area contributed by atoms with Gasteiger partial charge in [0.2, 0.25) is 15.2 Å². The SMILES string of the molecule is CCOc1ccc(Nc2nc(C(C)C)ns2)cc1S(=O)(=O)N1CCCC1. The van der Waals surface area contributed by atoms with Crippen molar-refractivity contribution >= 4 is 32.4 Å². The van der Waals surface area contributed by atoms with Crippen molar-refractivity contribution < 1.29 is 13.2 Å². The molecule has 1 N–H and O–H groups in total. The molecule has 1 aliphatic rings. The molecule has 0 bridgehead atoms. The van der Waals surface area contributed by atoms with E-state index >= 15 is 0 Å². The summed E-state index contributed by atoms with van der Waals surface area (Å²) >= 11 is 1.26. The molecule has 0 amide bonds. The number of nitrogens with one attached hydrogen (secondary N) is 1. The summed E-state index contributed by atoms with van der Waals surface area (Å²) in [6.45, 7) is 7.42. The number of anilines is 2. The second-order valence-corrected chi connectivity index (χ2v) is 9.10. The lowest BCUT2D eigenvalue weighted by atomic mass is 10.2. The Labute approximate surface area is 158 Å². The lowest BCUT2D eigenvalue weighted by molar-refractivity contribution is 0.330. The molecular formula is C17H24N4O3S2. The molecule has 26 heavy (non-hydrogen) atoms. The fourth-order valence-corrected chi connectivity index (χ4v) is 5.18. The first-order chi connectivity index (χ1) is 12.4. The van der Waals surface area contributed by atoms with Crippen molar-refractivity contribution in [3.63, 3.8) is 0 Å². The van der Waals surface area contributed by atoms with Crippen LogP contribution < -0.4 is 10.1 Å². The summed E-state index contributed by atoms with van der Waals surface area (Å²) in [5.74, 6) is 1.40. The molecule has 1 aromatic heterocycles. The van der Waals surface area contributed by atoms with Crippen molar-refractivity contribution in [2.24, 2.45) is 0 Å². The first-order valence-electron chi connectivity index (χ1n) is 8.79. The highest BCUT2D eigenvalue weighted by atomic mass is 32.2. The molecule has 7 nitrogen and oxygen atoms in total. The van der Waals surface area contributed by atoms with Gasteiger partial charge in [-0.15, -0.1) is 0 Å². The zero-order valence-electron chi connectivity index (χ0n) is 15.2. The van der Waals surface area contributed by atoms with E-state index in [2.05, 4.69) is 14.7 Å². The number of ether oxygens (including phenoxy) is 1. The van der Waals surface area contributed by atoms with Crippen LogP contribution in [0, 0.1) is 0 Å². The molecule has 0 radical (unpaired) electrons. The zero-order chi connectivity index (χ0) is 18.7. The third-order valence-corrected chi connectivity index (χ3v) is 6.70. The van der Waals surface area contributed by atoms with Gasteiger partial charge in [0.1, 0.15) is 16.5 Å². The molecule has 1 fully saturated rings. The number of nitrogens with zero attached hydrogens (tertiary/aromatic N) is 3. The number of aromatic nitrogens is 2. The first-order valence-corrected chi connectivity index (χ1v) is 11.0. The standard InChI is InChI=1S/C17H24N4O3S2/c1-4-24-14-8-7-13(18-17-19-16(12(2)3)20-25-17)11-15(14)26(22,23)21-9-5-6-10-21/h7-8,11-12H,4-6,9-10H2,1-3H3,(H,18,19,20). The summed E-state index contributed by atoms with van der Waals surface area (Å²) in [4.78, 5) is 4.63. The van der Waals surface area contributed by atoms with E-state index in [4.69, 9.17) is 4.74 Å². The van der Waals surface area contributed by atoms with Crippen LogP contribution in [0.1, 0.15) is 45.4 Å². The second kappa shape index (κ2) is 7.89. The number of rotatable bonds is 7. The van der Waals surface area contributed by atoms with E-state index in [1.165, 1.54) is 15.8 Å².